The van der Waals surface area contributed by atoms with Crippen LogP contribution in [0.1, 0.15) is 27.2 Å². The van der Waals surface area contributed by atoms with Crippen molar-refractivity contribution in [2.45, 2.75) is 39.3 Å². The summed E-state index contributed by atoms with van der Waals surface area (Å²) in [4.78, 5) is 2.46. The van der Waals surface area contributed by atoms with Gasteiger partial charge in [-0.1, -0.05) is 19.4 Å². The van der Waals surface area contributed by atoms with E-state index >= 15 is 0 Å². The average Bonchev–Trinajstić information content (AvgIpc) is 2.28. The van der Waals surface area contributed by atoms with Crippen LogP contribution in [0.5, 0.6) is 0 Å². The van der Waals surface area contributed by atoms with Crippen LogP contribution in [0.3, 0.4) is 0 Å². The molecule has 0 aromatic rings. The molecule has 0 amide bonds. The molecule has 3 heteroatoms. The van der Waals surface area contributed by atoms with E-state index in [1.807, 2.05) is 0 Å². The molecule has 1 fully saturated rings. The molecular formula is C13H26N2O. The van der Waals surface area contributed by atoms with E-state index in [2.05, 4.69) is 37.6 Å². The van der Waals surface area contributed by atoms with Crippen LogP contribution in [0.4, 0.5) is 0 Å². The third-order valence-electron chi connectivity index (χ3n) is 3.11. The molecule has 16 heavy (non-hydrogen) atoms. The van der Waals surface area contributed by atoms with Gasteiger partial charge in [0.2, 0.25) is 0 Å². The zero-order valence-electron chi connectivity index (χ0n) is 11.0. The molecule has 94 valence electrons. The lowest BCUT2D eigenvalue weighted by Crippen LogP contribution is -2.52. The number of hydrogen-bond donors (Lipinski definition) is 1. The maximum atomic E-state index is 5.88. The summed E-state index contributed by atoms with van der Waals surface area (Å²) in [6.07, 6.45) is 1.32. The number of morpholine rings is 1. The molecule has 0 aliphatic carbocycles. The molecule has 1 rings (SSSR count). The predicted octanol–water partition coefficient (Wildman–Crippen LogP) is 1.65. The Hall–Kier alpha value is -0.380. The van der Waals surface area contributed by atoms with Crippen LogP contribution in [0.25, 0.3) is 0 Å². The first-order chi connectivity index (χ1) is 7.67. The van der Waals surface area contributed by atoms with Crippen LogP contribution in [0.2, 0.25) is 0 Å². The Labute approximate surface area is 99.8 Å². The van der Waals surface area contributed by atoms with Crippen molar-refractivity contribution in [1.82, 2.24) is 10.2 Å². The largest absolute Gasteiger partial charge is 0.374 e. The highest BCUT2D eigenvalue weighted by molar-refractivity contribution is 4.96. The van der Waals surface area contributed by atoms with Gasteiger partial charge < -0.3 is 10.1 Å². The van der Waals surface area contributed by atoms with Gasteiger partial charge in [0, 0.05) is 19.1 Å². The Morgan fingerprint density at radius 1 is 1.56 bits per heavy atom. The molecule has 0 aromatic heterocycles. The third-order valence-corrected chi connectivity index (χ3v) is 3.11. The van der Waals surface area contributed by atoms with Crippen LogP contribution in [0.15, 0.2) is 12.2 Å². The fourth-order valence-corrected chi connectivity index (χ4v) is 2.23. The van der Waals surface area contributed by atoms with E-state index in [9.17, 15) is 0 Å². The number of ether oxygens (including phenoxy) is 1. The van der Waals surface area contributed by atoms with Crippen molar-refractivity contribution in [2.24, 2.45) is 0 Å². The van der Waals surface area contributed by atoms with Crippen molar-refractivity contribution in [3.05, 3.63) is 12.2 Å². The van der Waals surface area contributed by atoms with Crippen molar-refractivity contribution in [1.29, 1.82) is 0 Å². The highest BCUT2D eigenvalue weighted by atomic mass is 16.5. The normalized spacial score (nSPS) is 24.3. The average molecular weight is 226 g/mol. The fraction of sp³-hybridized carbons (Fsp3) is 0.846. The van der Waals surface area contributed by atoms with Crippen molar-refractivity contribution >= 4 is 0 Å². The minimum absolute atomic E-state index is 0.311. The van der Waals surface area contributed by atoms with E-state index < -0.39 is 0 Å². The molecule has 2 unspecified atom stereocenters. The first-order valence-corrected chi connectivity index (χ1v) is 6.39. The number of rotatable bonds is 6. The topological polar surface area (TPSA) is 24.5 Å². The molecule has 2 atom stereocenters. The Bertz CT molecular complexity index is 218. The second-order valence-electron chi connectivity index (χ2n) is 4.63. The first kappa shape index (κ1) is 13.7. The number of nitrogens with one attached hydrogen (secondary N) is 1. The standard InChI is InChI=1S/C13H26N2O/c1-5-14-12(9-11(3)4)13-10-15(6-2)7-8-16-13/h12-14H,3,5-10H2,1-2,4H3. The maximum absolute atomic E-state index is 5.88. The molecule has 0 aromatic carbocycles. The summed E-state index contributed by atoms with van der Waals surface area (Å²) >= 11 is 0. The predicted molar refractivity (Wildman–Crippen MR) is 68.7 cm³/mol. The van der Waals surface area contributed by atoms with E-state index in [1.54, 1.807) is 0 Å². The summed E-state index contributed by atoms with van der Waals surface area (Å²) in [6.45, 7) is 15.5. The van der Waals surface area contributed by atoms with Gasteiger partial charge in [0.05, 0.1) is 12.7 Å². The minimum Gasteiger partial charge on any atom is -0.374 e. The molecule has 0 spiro atoms. The Morgan fingerprint density at radius 3 is 2.88 bits per heavy atom. The van der Waals surface area contributed by atoms with Gasteiger partial charge in [-0.25, -0.2) is 0 Å². The minimum atomic E-state index is 0.311. The van der Waals surface area contributed by atoms with Crippen LogP contribution in [-0.2, 0) is 4.74 Å². The van der Waals surface area contributed by atoms with Crippen LogP contribution >= 0.6 is 0 Å². The van der Waals surface area contributed by atoms with Gasteiger partial charge in [-0.3, -0.25) is 4.90 Å². The third kappa shape index (κ3) is 4.24. The number of likely N-dealkylation sites (N-methyl/N-ethyl adjacent to an activating group) is 2. The molecule has 1 saturated heterocycles. The van der Waals surface area contributed by atoms with Gasteiger partial charge in [-0.05, 0) is 26.4 Å². The van der Waals surface area contributed by atoms with E-state index in [0.717, 1.165) is 39.2 Å². The summed E-state index contributed by atoms with van der Waals surface area (Å²) in [6, 6.07) is 0.414. The molecule has 0 saturated carbocycles. The molecule has 3 nitrogen and oxygen atoms in total. The van der Waals surface area contributed by atoms with Crippen LogP contribution in [0, 0.1) is 0 Å². The van der Waals surface area contributed by atoms with Crippen molar-refractivity contribution in [3.8, 4) is 0 Å². The quantitative estimate of drug-likeness (QED) is 0.697. The summed E-state index contributed by atoms with van der Waals surface area (Å²) < 4.78 is 5.88. The molecule has 1 N–H and O–H groups in total. The molecule has 0 bridgehead atoms. The van der Waals surface area contributed by atoms with Gasteiger partial charge in [-0.15, -0.1) is 6.58 Å². The van der Waals surface area contributed by atoms with E-state index in [0.29, 0.717) is 12.1 Å². The summed E-state index contributed by atoms with van der Waals surface area (Å²) in [5.74, 6) is 0. The summed E-state index contributed by atoms with van der Waals surface area (Å²) in [7, 11) is 0. The molecule has 0 radical (unpaired) electrons. The maximum Gasteiger partial charge on any atom is 0.0858 e. The zero-order valence-corrected chi connectivity index (χ0v) is 11.0. The highest BCUT2D eigenvalue weighted by Gasteiger charge is 2.26. The molecule has 1 aliphatic heterocycles. The first-order valence-electron chi connectivity index (χ1n) is 6.39. The monoisotopic (exact) mass is 226 g/mol. The van der Waals surface area contributed by atoms with Gasteiger partial charge in [0.15, 0.2) is 0 Å². The van der Waals surface area contributed by atoms with E-state index in [-0.39, 0.29) is 0 Å². The van der Waals surface area contributed by atoms with Crippen molar-refractivity contribution < 1.29 is 4.74 Å². The Kier molecular flexibility index (Phi) is 6.03. The molecule has 1 heterocycles. The van der Waals surface area contributed by atoms with Gasteiger partial charge in [0.25, 0.3) is 0 Å². The Balaban J connectivity index is 2.51. The molecular weight excluding hydrogens is 200 g/mol. The van der Waals surface area contributed by atoms with Gasteiger partial charge in [0.1, 0.15) is 0 Å². The lowest BCUT2D eigenvalue weighted by molar-refractivity contribution is -0.0444. The zero-order chi connectivity index (χ0) is 12.0. The lowest BCUT2D eigenvalue weighted by Gasteiger charge is -2.37. The number of nitrogens with zero attached hydrogens (tertiary/aromatic N) is 1. The molecule has 1 aliphatic rings. The smallest absolute Gasteiger partial charge is 0.0858 e. The summed E-state index contributed by atoms with van der Waals surface area (Å²) in [5.41, 5.74) is 1.23. The summed E-state index contributed by atoms with van der Waals surface area (Å²) in [5, 5.41) is 3.52. The Morgan fingerprint density at radius 2 is 2.31 bits per heavy atom. The van der Waals surface area contributed by atoms with Gasteiger partial charge in [-0.2, -0.15) is 0 Å². The highest BCUT2D eigenvalue weighted by Crippen LogP contribution is 2.14. The van der Waals surface area contributed by atoms with E-state index in [1.165, 1.54) is 5.57 Å². The van der Waals surface area contributed by atoms with Crippen LogP contribution in [-0.4, -0.2) is 49.8 Å². The number of hydrogen-bond acceptors (Lipinski definition) is 3. The van der Waals surface area contributed by atoms with Crippen LogP contribution < -0.4 is 5.32 Å². The SMILES string of the molecule is C=C(C)CC(NCC)C1CN(CC)CCO1. The van der Waals surface area contributed by atoms with Gasteiger partial charge >= 0.3 is 0 Å². The van der Waals surface area contributed by atoms with E-state index in [4.69, 9.17) is 4.74 Å². The fourth-order valence-electron chi connectivity index (χ4n) is 2.23. The lowest BCUT2D eigenvalue weighted by atomic mass is 10.0. The second kappa shape index (κ2) is 7.05. The second-order valence-corrected chi connectivity index (χ2v) is 4.63. The van der Waals surface area contributed by atoms with Crippen molar-refractivity contribution in [2.75, 3.05) is 32.8 Å². The van der Waals surface area contributed by atoms with Crippen molar-refractivity contribution in [3.63, 3.8) is 0 Å².